The van der Waals surface area contributed by atoms with Crippen molar-refractivity contribution in [3.05, 3.63) is 34.9 Å². The minimum atomic E-state index is -0.830. The zero-order chi connectivity index (χ0) is 21.4. The van der Waals surface area contributed by atoms with Crippen LogP contribution in [-0.2, 0) is 30.4 Å². The number of carbonyl (C=O) groups excluding carboxylic acids is 3. The molecule has 160 valence electrons. The van der Waals surface area contributed by atoms with Gasteiger partial charge in [-0.3, -0.25) is 9.59 Å². The van der Waals surface area contributed by atoms with Crippen LogP contribution in [0.1, 0.15) is 39.2 Å². The number of halogens is 1. The third-order valence-electron chi connectivity index (χ3n) is 4.28. The van der Waals surface area contributed by atoms with Crippen LogP contribution in [0.4, 0.5) is 4.79 Å². The Morgan fingerprint density at radius 2 is 2.00 bits per heavy atom. The van der Waals surface area contributed by atoms with Crippen LogP contribution in [0.25, 0.3) is 0 Å². The van der Waals surface area contributed by atoms with Gasteiger partial charge < -0.3 is 24.8 Å². The fraction of sp³-hybridized carbons (Fsp3) is 0.550. The first-order chi connectivity index (χ1) is 13.8. The lowest BCUT2D eigenvalue weighted by Crippen LogP contribution is -2.52. The summed E-state index contributed by atoms with van der Waals surface area (Å²) >= 11 is 6.05. The van der Waals surface area contributed by atoms with E-state index in [0.717, 1.165) is 0 Å². The van der Waals surface area contributed by atoms with E-state index in [0.29, 0.717) is 30.0 Å². The van der Waals surface area contributed by atoms with Crippen molar-refractivity contribution in [1.29, 1.82) is 0 Å². The molecule has 1 aromatic rings. The summed E-state index contributed by atoms with van der Waals surface area (Å²) in [4.78, 5) is 36.1. The Hall–Kier alpha value is -2.32. The van der Waals surface area contributed by atoms with Gasteiger partial charge in [0.1, 0.15) is 12.6 Å². The van der Waals surface area contributed by atoms with E-state index in [9.17, 15) is 14.4 Å². The van der Waals surface area contributed by atoms with E-state index in [1.54, 1.807) is 24.3 Å². The monoisotopic (exact) mass is 426 g/mol. The first-order valence-electron chi connectivity index (χ1n) is 9.52. The highest BCUT2D eigenvalue weighted by atomic mass is 35.5. The fourth-order valence-corrected chi connectivity index (χ4v) is 3.10. The molecule has 0 aromatic heterocycles. The fourth-order valence-electron chi connectivity index (χ4n) is 2.91. The van der Waals surface area contributed by atoms with Crippen LogP contribution in [0.2, 0.25) is 5.02 Å². The molecule has 3 atom stereocenters. The van der Waals surface area contributed by atoms with Gasteiger partial charge in [0.05, 0.1) is 12.6 Å². The zero-order valence-electron chi connectivity index (χ0n) is 16.8. The van der Waals surface area contributed by atoms with Gasteiger partial charge in [0, 0.05) is 17.5 Å². The lowest BCUT2D eigenvalue weighted by atomic mass is 10.0. The Bertz CT molecular complexity index is 727. The molecule has 1 heterocycles. The lowest BCUT2D eigenvalue weighted by Gasteiger charge is -2.24. The largest absolute Gasteiger partial charge is 0.445 e. The third-order valence-corrected chi connectivity index (χ3v) is 4.65. The molecule has 2 amide bonds. The van der Waals surface area contributed by atoms with Crippen LogP contribution in [0.3, 0.4) is 0 Å². The van der Waals surface area contributed by atoms with E-state index in [2.05, 4.69) is 10.6 Å². The maximum absolute atomic E-state index is 12.7. The molecule has 1 aromatic carbocycles. The normalized spacial score (nSPS) is 19.5. The first kappa shape index (κ1) is 23.0. The minimum Gasteiger partial charge on any atom is -0.445 e. The number of carbonyl (C=O) groups is 3. The van der Waals surface area contributed by atoms with Gasteiger partial charge in [-0.15, -0.1) is 0 Å². The Labute approximate surface area is 175 Å². The van der Waals surface area contributed by atoms with Crippen molar-refractivity contribution in [2.45, 2.75) is 58.6 Å². The highest BCUT2D eigenvalue weighted by Gasteiger charge is 2.34. The van der Waals surface area contributed by atoms with Crippen molar-refractivity contribution in [1.82, 2.24) is 10.6 Å². The molecule has 9 heteroatoms. The van der Waals surface area contributed by atoms with Crippen LogP contribution in [-0.4, -0.2) is 43.0 Å². The number of rotatable bonds is 8. The molecule has 1 saturated heterocycles. The predicted octanol–water partition coefficient (Wildman–Crippen LogP) is 2.78. The molecular formula is C20H27ClN2O6. The van der Waals surface area contributed by atoms with Crippen molar-refractivity contribution >= 4 is 29.6 Å². The molecule has 1 aliphatic heterocycles. The van der Waals surface area contributed by atoms with Crippen molar-refractivity contribution in [3.8, 4) is 0 Å². The standard InChI is InChI=1S/C20H27ClN2O6/c1-12(2)10-17(18(25)22-16-8-9-27-19(16)29-13(3)24)23-20(26)28-11-14-6-4-5-7-15(14)21/h4-7,12,16-17,19H,8-11H2,1-3H3,(H,22,25)(H,23,26)/t16-,17?,19-/m0/s1. The number of alkyl carbamates (subject to hydrolysis) is 1. The molecule has 1 fully saturated rings. The van der Waals surface area contributed by atoms with E-state index < -0.39 is 30.4 Å². The highest BCUT2D eigenvalue weighted by molar-refractivity contribution is 6.31. The van der Waals surface area contributed by atoms with Gasteiger partial charge in [0.25, 0.3) is 0 Å². The number of nitrogens with one attached hydrogen (secondary N) is 2. The van der Waals surface area contributed by atoms with Gasteiger partial charge in [-0.25, -0.2) is 4.79 Å². The van der Waals surface area contributed by atoms with Crippen molar-refractivity contribution in [2.75, 3.05) is 6.61 Å². The predicted molar refractivity (Wildman–Crippen MR) is 106 cm³/mol. The average molecular weight is 427 g/mol. The van der Waals surface area contributed by atoms with Gasteiger partial charge in [-0.05, 0) is 24.8 Å². The number of benzene rings is 1. The highest BCUT2D eigenvalue weighted by Crippen LogP contribution is 2.17. The molecule has 0 aliphatic carbocycles. The van der Waals surface area contributed by atoms with Crippen molar-refractivity contribution < 1.29 is 28.6 Å². The lowest BCUT2D eigenvalue weighted by molar-refractivity contribution is -0.170. The summed E-state index contributed by atoms with van der Waals surface area (Å²) in [6, 6.07) is 5.76. The van der Waals surface area contributed by atoms with Gasteiger partial charge in [-0.2, -0.15) is 0 Å². The Balaban J connectivity index is 1.93. The second-order valence-corrected chi connectivity index (χ2v) is 7.65. The van der Waals surface area contributed by atoms with Crippen LogP contribution in [0, 0.1) is 5.92 Å². The molecule has 8 nitrogen and oxygen atoms in total. The summed E-state index contributed by atoms with van der Waals surface area (Å²) in [7, 11) is 0. The van der Waals surface area contributed by atoms with Crippen LogP contribution in [0.15, 0.2) is 24.3 Å². The molecule has 0 saturated carbocycles. The molecule has 1 unspecified atom stereocenters. The van der Waals surface area contributed by atoms with Gasteiger partial charge in [0.15, 0.2) is 0 Å². The van der Waals surface area contributed by atoms with Crippen LogP contribution in [0.5, 0.6) is 0 Å². The molecular weight excluding hydrogens is 400 g/mol. The van der Waals surface area contributed by atoms with Gasteiger partial charge in [-0.1, -0.05) is 43.6 Å². The number of hydrogen-bond acceptors (Lipinski definition) is 6. The molecule has 1 aliphatic rings. The first-order valence-corrected chi connectivity index (χ1v) is 9.90. The summed E-state index contributed by atoms with van der Waals surface area (Å²) in [6.07, 6.45) is -0.623. The van der Waals surface area contributed by atoms with Gasteiger partial charge in [0.2, 0.25) is 12.2 Å². The van der Waals surface area contributed by atoms with Gasteiger partial charge >= 0.3 is 12.1 Å². The second-order valence-electron chi connectivity index (χ2n) is 7.25. The minimum absolute atomic E-state index is 0.00743. The topological polar surface area (TPSA) is 103 Å². The smallest absolute Gasteiger partial charge is 0.408 e. The van der Waals surface area contributed by atoms with E-state index in [1.165, 1.54) is 6.92 Å². The third kappa shape index (κ3) is 7.55. The maximum Gasteiger partial charge on any atom is 0.408 e. The quantitative estimate of drug-likeness (QED) is 0.619. The van der Waals surface area contributed by atoms with E-state index in [1.807, 2.05) is 13.8 Å². The number of hydrogen-bond donors (Lipinski definition) is 2. The summed E-state index contributed by atoms with van der Waals surface area (Å²) in [6.45, 7) is 5.52. The van der Waals surface area contributed by atoms with Crippen LogP contribution >= 0.6 is 11.6 Å². The number of ether oxygens (including phenoxy) is 3. The Morgan fingerprint density at radius 1 is 1.28 bits per heavy atom. The SMILES string of the molecule is CC(=O)O[C@@H]1OCC[C@@H]1NC(=O)C(CC(C)C)NC(=O)OCc1ccccc1Cl. The van der Waals surface area contributed by atoms with E-state index in [4.69, 9.17) is 25.8 Å². The number of esters is 1. The van der Waals surface area contributed by atoms with E-state index in [-0.39, 0.29) is 18.4 Å². The van der Waals surface area contributed by atoms with Crippen molar-refractivity contribution in [2.24, 2.45) is 5.92 Å². The summed E-state index contributed by atoms with van der Waals surface area (Å²) in [5.74, 6) is -0.726. The molecule has 2 rings (SSSR count). The van der Waals surface area contributed by atoms with Crippen molar-refractivity contribution in [3.63, 3.8) is 0 Å². The average Bonchev–Trinajstić information content (AvgIpc) is 3.06. The molecule has 29 heavy (non-hydrogen) atoms. The maximum atomic E-state index is 12.7. The van der Waals surface area contributed by atoms with Crippen LogP contribution < -0.4 is 10.6 Å². The summed E-state index contributed by atoms with van der Waals surface area (Å²) in [5, 5.41) is 5.89. The zero-order valence-corrected chi connectivity index (χ0v) is 17.5. The molecule has 0 radical (unpaired) electrons. The second kappa shape index (κ2) is 11.0. The Morgan fingerprint density at radius 3 is 2.66 bits per heavy atom. The van der Waals surface area contributed by atoms with E-state index >= 15 is 0 Å². The summed E-state index contributed by atoms with van der Waals surface area (Å²) < 4.78 is 15.6. The number of amides is 2. The Kier molecular flexibility index (Phi) is 8.72. The molecule has 2 N–H and O–H groups in total. The molecule has 0 bridgehead atoms. The summed E-state index contributed by atoms with van der Waals surface area (Å²) in [5.41, 5.74) is 0.668. The molecule has 0 spiro atoms.